The van der Waals surface area contributed by atoms with Gasteiger partial charge in [-0.05, 0) is 55.2 Å². The second-order valence-electron chi connectivity index (χ2n) is 8.92. The van der Waals surface area contributed by atoms with Crippen molar-refractivity contribution in [1.82, 2.24) is 4.90 Å². The summed E-state index contributed by atoms with van der Waals surface area (Å²) in [5.41, 5.74) is 0.681. The van der Waals surface area contributed by atoms with E-state index < -0.39 is 29.6 Å². The standard InChI is InChI=1S/C25H29Cl2NO4/c1-4-21(15(2)29)28-23(16-8-10-18(26)11-9-16)20(17-6-5-7-19(27)12-17)13-25(3,24(28)32)14-22(30)31/h5-12,15,20-21,23,29H,4,13-14H2,1-3H3,(H,30,31)/t15-,20+,21-,23?,25+/m0/s1. The zero-order valence-electron chi connectivity index (χ0n) is 18.5. The van der Waals surface area contributed by atoms with Crippen LogP contribution in [0.3, 0.4) is 0 Å². The summed E-state index contributed by atoms with van der Waals surface area (Å²) in [6, 6.07) is 13.9. The van der Waals surface area contributed by atoms with Crippen LogP contribution in [0.1, 0.15) is 63.1 Å². The minimum Gasteiger partial charge on any atom is -0.481 e. The highest BCUT2D eigenvalue weighted by atomic mass is 35.5. The molecule has 0 spiro atoms. The van der Waals surface area contributed by atoms with E-state index >= 15 is 0 Å². The summed E-state index contributed by atoms with van der Waals surface area (Å²) in [7, 11) is 0. The van der Waals surface area contributed by atoms with Crippen LogP contribution in [0.4, 0.5) is 0 Å². The monoisotopic (exact) mass is 477 g/mol. The van der Waals surface area contributed by atoms with Gasteiger partial charge in [0.05, 0.1) is 30.0 Å². The van der Waals surface area contributed by atoms with Crippen molar-refractivity contribution in [2.24, 2.45) is 5.41 Å². The molecule has 0 aromatic heterocycles. The fourth-order valence-electron chi connectivity index (χ4n) is 5.02. The Labute approximate surface area is 199 Å². The number of aliphatic hydroxyl groups is 1. The number of carbonyl (C=O) groups excluding carboxylic acids is 1. The van der Waals surface area contributed by atoms with Gasteiger partial charge >= 0.3 is 5.97 Å². The number of hydrogen-bond acceptors (Lipinski definition) is 3. The first-order chi connectivity index (χ1) is 15.1. The van der Waals surface area contributed by atoms with Gasteiger partial charge in [0.1, 0.15) is 0 Å². The third-order valence-electron chi connectivity index (χ3n) is 6.46. The van der Waals surface area contributed by atoms with Crippen molar-refractivity contribution in [1.29, 1.82) is 0 Å². The molecule has 1 amide bonds. The number of carboxylic acids is 1. The quantitative estimate of drug-likeness (QED) is 0.536. The van der Waals surface area contributed by atoms with Gasteiger partial charge in [-0.3, -0.25) is 9.59 Å². The molecule has 7 heteroatoms. The van der Waals surface area contributed by atoms with Crippen molar-refractivity contribution >= 4 is 35.1 Å². The van der Waals surface area contributed by atoms with E-state index in [1.54, 1.807) is 36.9 Å². The van der Waals surface area contributed by atoms with E-state index in [4.69, 9.17) is 23.2 Å². The third-order valence-corrected chi connectivity index (χ3v) is 6.95. The number of piperidine rings is 1. The Hall–Kier alpha value is -2.08. The first-order valence-corrected chi connectivity index (χ1v) is 11.6. The molecule has 0 radical (unpaired) electrons. The summed E-state index contributed by atoms with van der Waals surface area (Å²) in [4.78, 5) is 27.3. The van der Waals surface area contributed by atoms with Crippen LogP contribution in [-0.2, 0) is 9.59 Å². The summed E-state index contributed by atoms with van der Waals surface area (Å²) < 4.78 is 0. The maximum absolute atomic E-state index is 13.9. The molecule has 2 aromatic carbocycles. The molecule has 0 saturated carbocycles. The molecule has 3 rings (SSSR count). The van der Waals surface area contributed by atoms with E-state index in [0.29, 0.717) is 22.9 Å². The van der Waals surface area contributed by atoms with E-state index in [9.17, 15) is 19.8 Å². The van der Waals surface area contributed by atoms with Crippen LogP contribution in [0.2, 0.25) is 10.0 Å². The predicted molar refractivity (Wildman–Crippen MR) is 126 cm³/mol. The van der Waals surface area contributed by atoms with Crippen LogP contribution in [0.5, 0.6) is 0 Å². The van der Waals surface area contributed by atoms with Gasteiger partial charge in [-0.25, -0.2) is 0 Å². The van der Waals surface area contributed by atoms with Gasteiger partial charge in [-0.2, -0.15) is 0 Å². The van der Waals surface area contributed by atoms with E-state index in [2.05, 4.69) is 0 Å². The second kappa shape index (κ2) is 9.82. The molecular weight excluding hydrogens is 449 g/mol. The van der Waals surface area contributed by atoms with Crippen molar-refractivity contribution in [2.75, 3.05) is 0 Å². The van der Waals surface area contributed by atoms with Crippen molar-refractivity contribution in [3.63, 3.8) is 0 Å². The summed E-state index contributed by atoms with van der Waals surface area (Å²) >= 11 is 12.4. The lowest BCUT2D eigenvalue weighted by Gasteiger charge is -2.52. The molecule has 1 aliphatic rings. The number of likely N-dealkylation sites (tertiary alicyclic amines) is 1. The molecule has 0 bridgehead atoms. The first kappa shape index (κ1) is 24.6. The van der Waals surface area contributed by atoms with Crippen LogP contribution in [0, 0.1) is 5.41 Å². The lowest BCUT2D eigenvalue weighted by molar-refractivity contribution is -0.163. The number of carboxylic acid groups (broad SMARTS) is 1. The molecule has 0 aliphatic carbocycles. The Bertz CT molecular complexity index is 978. The van der Waals surface area contributed by atoms with Crippen LogP contribution >= 0.6 is 23.2 Å². The second-order valence-corrected chi connectivity index (χ2v) is 9.79. The Morgan fingerprint density at radius 1 is 1.16 bits per heavy atom. The molecule has 1 heterocycles. The summed E-state index contributed by atoms with van der Waals surface area (Å²) in [5, 5.41) is 21.3. The number of halogens is 2. The number of benzene rings is 2. The summed E-state index contributed by atoms with van der Waals surface area (Å²) in [5.74, 6) is -1.50. The van der Waals surface area contributed by atoms with E-state index in [1.807, 2.05) is 37.3 Å². The average molecular weight is 478 g/mol. The van der Waals surface area contributed by atoms with Crippen molar-refractivity contribution in [3.8, 4) is 0 Å². The number of nitrogens with zero attached hydrogens (tertiary/aromatic N) is 1. The van der Waals surface area contributed by atoms with E-state index in [-0.39, 0.29) is 18.2 Å². The van der Waals surface area contributed by atoms with Gasteiger partial charge in [0.15, 0.2) is 0 Å². The predicted octanol–water partition coefficient (Wildman–Crippen LogP) is 5.69. The Balaban J connectivity index is 2.25. The minimum absolute atomic E-state index is 0.218. The van der Waals surface area contributed by atoms with Crippen LogP contribution in [-0.4, -0.2) is 39.1 Å². The molecule has 5 atom stereocenters. The molecule has 5 nitrogen and oxygen atoms in total. The first-order valence-electron chi connectivity index (χ1n) is 10.8. The molecular formula is C25H29Cl2NO4. The van der Waals surface area contributed by atoms with Crippen LogP contribution in [0.15, 0.2) is 48.5 Å². The Kier molecular flexibility index (Phi) is 7.53. The van der Waals surface area contributed by atoms with Crippen LogP contribution < -0.4 is 0 Å². The molecule has 2 N–H and O–H groups in total. The van der Waals surface area contributed by atoms with Gasteiger partial charge in [-0.15, -0.1) is 0 Å². The Morgan fingerprint density at radius 3 is 2.34 bits per heavy atom. The van der Waals surface area contributed by atoms with E-state index in [0.717, 1.165) is 11.1 Å². The number of rotatable bonds is 7. The molecule has 172 valence electrons. The largest absolute Gasteiger partial charge is 0.481 e. The number of aliphatic carboxylic acids is 1. The Morgan fingerprint density at radius 2 is 1.81 bits per heavy atom. The number of amides is 1. The molecule has 1 unspecified atom stereocenters. The highest BCUT2D eigenvalue weighted by Gasteiger charge is 2.52. The smallest absolute Gasteiger partial charge is 0.304 e. The van der Waals surface area contributed by atoms with Crippen molar-refractivity contribution < 1.29 is 19.8 Å². The third kappa shape index (κ3) is 4.95. The van der Waals surface area contributed by atoms with Gasteiger partial charge in [0.2, 0.25) is 5.91 Å². The van der Waals surface area contributed by atoms with Crippen LogP contribution in [0.25, 0.3) is 0 Å². The molecule has 1 saturated heterocycles. The highest BCUT2D eigenvalue weighted by Crippen LogP contribution is 2.52. The number of carbonyl (C=O) groups is 2. The van der Waals surface area contributed by atoms with Gasteiger partial charge < -0.3 is 15.1 Å². The van der Waals surface area contributed by atoms with Gasteiger partial charge in [-0.1, -0.05) is 61.3 Å². The molecule has 1 aliphatic heterocycles. The van der Waals surface area contributed by atoms with Gasteiger partial charge in [0, 0.05) is 16.0 Å². The van der Waals surface area contributed by atoms with Crippen molar-refractivity contribution in [3.05, 3.63) is 69.7 Å². The number of hydrogen-bond donors (Lipinski definition) is 2. The SMILES string of the molecule is CC[C@@H]([C@H](C)O)N1C(=O)[C@@](C)(CC(=O)O)C[C@H](c2cccc(Cl)c2)C1c1ccc(Cl)cc1. The zero-order chi connectivity index (χ0) is 23.6. The summed E-state index contributed by atoms with van der Waals surface area (Å²) in [6.07, 6.45) is -0.202. The topological polar surface area (TPSA) is 77.8 Å². The zero-order valence-corrected chi connectivity index (χ0v) is 20.0. The fourth-order valence-corrected chi connectivity index (χ4v) is 5.34. The van der Waals surface area contributed by atoms with Crippen molar-refractivity contribution in [2.45, 2.75) is 64.1 Å². The fraction of sp³-hybridized carbons (Fsp3) is 0.440. The summed E-state index contributed by atoms with van der Waals surface area (Å²) in [6.45, 7) is 5.29. The highest BCUT2D eigenvalue weighted by molar-refractivity contribution is 6.30. The minimum atomic E-state index is -1.12. The number of aliphatic hydroxyl groups excluding tert-OH is 1. The average Bonchev–Trinajstić information content (AvgIpc) is 2.71. The molecule has 1 fully saturated rings. The lowest BCUT2D eigenvalue weighted by atomic mass is 9.67. The lowest BCUT2D eigenvalue weighted by Crippen LogP contribution is -2.58. The maximum Gasteiger partial charge on any atom is 0.304 e. The normalized spacial score (nSPS) is 25.4. The van der Waals surface area contributed by atoms with E-state index in [1.165, 1.54) is 0 Å². The van der Waals surface area contributed by atoms with Gasteiger partial charge in [0.25, 0.3) is 0 Å². The molecule has 2 aromatic rings. The maximum atomic E-state index is 13.9. The molecule has 32 heavy (non-hydrogen) atoms.